The summed E-state index contributed by atoms with van der Waals surface area (Å²) in [6, 6.07) is 9.50. The summed E-state index contributed by atoms with van der Waals surface area (Å²) >= 11 is 6.28. The lowest BCUT2D eigenvalue weighted by Gasteiger charge is -2.36. The summed E-state index contributed by atoms with van der Waals surface area (Å²) in [4.78, 5) is 29.4. The smallest absolute Gasteiger partial charge is 0.226 e. The molecule has 1 aliphatic heterocycles. The molecule has 2 aromatic carbocycles. The largest absolute Gasteiger partial charge is 0.350 e. The molecule has 4 unspecified atom stereocenters. The van der Waals surface area contributed by atoms with E-state index in [1.807, 2.05) is 44.1 Å². The van der Waals surface area contributed by atoms with E-state index in [2.05, 4.69) is 10.2 Å². The van der Waals surface area contributed by atoms with Gasteiger partial charge in [0.15, 0.2) is 0 Å². The molecule has 1 heterocycles. The summed E-state index contributed by atoms with van der Waals surface area (Å²) in [6.45, 7) is 4.68. The predicted octanol–water partition coefficient (Wildman–Crippen LogP) is 5.65. The van der Waals surface area contributed by atoms with Gasteiger partial charge in [0.25, 0.3) is 0 Å². The van der Waals surface area contributed by atoms with Crippen LogP contribution in [0.5, 0.6) is 0 Å². The highest BCUT2D eigenvalue weighted by atomic mass is 35.5. The van der Waals surface area contributed by atoms with Gasteiger partial charge in [-0.25, -0.2) is 8.78 Å². The van der Waals surface area contributed by atoms with Crippen molar-refractivity contribution in [3.8, 4) is 0 Å². The van der Waals surface area contributed by atoms with Gasteiger partial charge in [0, 0.05) is 43.1 Å². The van der Waals surface area contributed by atoms with Gasteiger partial charge in [-0.2, -0.15) is 0 Å². The van der Waals surface area contributed by atoms with Gasteiger partial charge in [-0.15, -0.1) is 0 Å². The lowest BCUT2D eigenvalue weighted by molar-refractivity contribution is -0.137. The van der Waals surface area contributed by atoms with E-state index in [-0.39, 0.29) is 41.7 Å². The SMILES string of the molecule is CC(=O)NC(C)c1cc(Cl)ccc1C1CCN(C(=O)C2CC(N(C)C)CC2c2ccc(F)cc2F)CC1. The van der Waals surface area contributed by atoms with Crippen LogP contribution in [0.15, 0.2) is 36.4 Å². The number of likely N-dealkylation sites (tertiary alicyclic amines) is 1. The number of benzene rings is 2. The van der Waals surface area contributed by atoms with Crippen LogP contribution >= 0.6 is 11.6 Å². The first-order valence-corrected chi connectivity index (χ1v) is 13.4. The third-order valence-corrected chi connectivity index (χ3v) is 8.36. The number of nitrogens with one attached hydrogen (secondary N) is 1. The van der Waals surface area contributed by atoms with Crippen LogP contribution in [0.25, 0.3) is 0 Å². The Morgan fingerprint density at radius 1 is 1.05 bits per heavy atom. The van der Waals surface area contributed by atoms with Crippen molar-refractivity contribution in [3.05, 3.63) is 69.7 Å². The molecule has 1 saturated heterocycles. The van der Waals surface area contributed by atoms with Gasteiger partial charge in [-0.1, -0.05) is 23.7 Å². The number of piperidine rings is 1. The Morgan fingerprint density at radius 2 is 1.73 bits per heavy atom. The zero-order chi connectivity index (χ0) is 26.9. The zero-order valence-electron chi connectivity index (χ0n) is 21.9. The quantitative estimate of drug-likeness (QED) is 0.524. The van der Waals surface area contributed by atoms with Crippen molar-refractivity contribution < 1.29 is 18.4 Å². The summed E-state index contributed by atoms with van der Waals surface area (Å²) in [5.41, 5.74) is 2.58. The molecule has 0 bridgehead atoms. The van der Waals surface area contributed by atoms with Gasteiger partial charge in [0.1, 0.15) is 11.6 Å². The fourth-order valence-corrected chi connectivity index (χ4v) is 6.35. The predicted molar refractivity (Wildman–Crippen MR) is 142 cm³/mol. The van der Waals surface area contributed by atoms with Crippen LogP contribution in [0.1, 0.15) is 74.1 Å². The van der Waals surface area contributed by atoms with Crippen molar-refractivity contribution in [2.45, 2.75) is 63.5 Å². The van der Waals surface area contributed by atoms with Gasteiger partial charge < -0.3 is 15.1 Å². The van der Waals surface area contributed by atoms with Gasteiger partial charge in [0.2, 0.25) is 11.8 Å². The normalized spacial score (nSPS) is 23.4. The van der Waals surface area contributed by atoms with E-state index in [4.69, 9.17) is 11.6 Å². The molecule has 2 aromatic rings. The molecular formula is C29H36ClF2N3O2. The number of halogens is 3. The molecule has 0 radical (unpaired) electrons. The maximum absolute atomic E-state index is 14.7. The molecule has 8 heteroatoms. The van der Waals surface area contributed by atoms with Crippen LogP contribution in [0.4, 0.5) is 8.78 Å². The van der Waals surface area contributed by atoms with Crippen molar-refractivity contribution in [2.24, 2.45) is 5.92 Å². The zero-order valence-corrected chi connectivity index (χ0v) is 22.7. The van der Waals surface area contributed by atoms with E-state index < -0.39 is 11.6 Å². The van der Waals surface area contributed by atoms with Crippen LogP contribution in [-0.2, 0) is 9.59 Å². The molecule has 2 amide bonds. The Labute approximate surface area is 223 Å². The summed E-state index contributed by atoms with van der Waals surface area (Å²) < 4.78 is 28.3. The second-order valence-corrected chi connectivity index (χ2v) is 11.2. The molecule has 1 saturated carbocycles. The molecule has 200 valence electrons. The van der Waals surface area contributed by atoms with E-state index in [0.29, 0.717) is 36.5 Å². The first-order chi connectivity index (χ1) is 17.5. The fourth-order valence-electron chi connectivity index (χ4n) is 6.17. The van der Waals surface area contributed by atoms with Gasteiger partial charge in [-0.05, 0) is 93.4 Å². The number of rotatable bonds is 6. The Hall–Kier alpha value is -2.51. The number of carbonyl (C=O) groups is 2. The van der Waals surface area contributed by atoms with E-state index in [1.165, 1.54) is 19.1 Å². The van der Waals surface area contributed by atoms with Gasteiger partial charge in [-0.3, -0.25) is 9.59 Å². The van der Waals surface area contributed by atoms with E-state index >= 15 is 0 Å². The summed E-state index contributed by atoms with van der Waals surface area (Å²) in [5, 5.41) is 3.58. The molecule has 1 N–H and O–H groups in total. The topological polar surface area (TPSA) is 52.7 Å². The molecule has 37 heavy (non-hydrogen) atoms. The summed E-state index contributed by atoms with van der Waals surface area (Å²) in [7, 11) is 3.96. The average Bonchev–Trinajstić information content (AvgIpc) is 3.29. The molecule has 2 fully saturated rings. The lowest BCUT2D eigenvalue weighted by atomic mass is 9.83. The van der Waals surface area contributed by atoms with Crippen LogP contribution in [0.3, 0.4) is 0 Å². The first kappa shape index (κ1) is 27.5. The molecule has 1 aliphatic carbocycles. The molecule has 4 rings (SSSR count). The number of hydrogen-bond acceptors (Lipinski definition) is 3. The van der Waals surface area contributed by atoms with E-state index in [9.17, 15) is 18.4 Å². The van der Waals surface area contributed by atoms with Crippen LogP contribution in [-0.4, -0.2) is 54.8 Å². The molecule has 5 nitrogen and oxygen atoms in total. The van der Waals surface area contributed by atoms with Crippen LogP contribution < -0.4 is 5.32 Å². The first-order valence-electron chi connectivity index (χ1n) is 13.0. The van der Waals surface area contributed by atoms with Gasteiger partial charge >= 0.3 is 0 Å². The molecule has 0 spiro atoms. The monoisotopic (exact) mass is 531 g/mol. The number of carbonyl (C=O) groups excluding carboxylic acids is 2. The number of nitrogens with zero attached hydrogens (tertiary/aromatic N) is 2. The highest BCUT2D eigenvalue weighted by Crippen LogP contribution is 2.44. The highest BCUT2D eigenvalue weighted by Gasteiger charge is 2.43. The summed E-state index contributed by atoms with van der Waals surface area (Å²) in [5.74, 6) is -1.60. The highest BCUT2D eigenvalue weighted by molar-refractivity contribution is 6.30. The molecule has 0 aromatic heterocycles. The summed E-state index contributed by atoms with van der Waals surface area (Å²) in [6.07, 6.45) is 2.92. The lowest BCUT2D eigenvalue weighted by Crippen LogP contribution is -2.42. The Kier molecular flexibility index (Phi) is 8.54. The minimum Gasteiger partial charge on any atom is -0.350 e. The van der Waals surface area contributed by atoms with E-state index in [0.717, 1.165) is 30.0 Å². The Bertz CT molecular complexity index is 1150. The minimum atomic E-state index is -0.609. The van der Waals surface area contributed by atoms with Crippen LogP contribution in [0, 0.1) is 17.6 Å². The van der Waals surface area contributed by atoms with Crippen molar-refractivity contribution in [2.75, 3.05) is 27.2 Å². The average molecular weight is 532 g/mol. The third-order valence-electron chi connectivity index (χ3n) is 8.13. The Morgan fingerprint density at radius 3 is 2.35 bits per heavy atom. The maximum Gasteiger partial charge on any atom is 0.226 e. The van der Waals surface area contributed by atoms with Crippen molar-refractivity contribution in [1.29, 1.82) is 0 Å². The third kappa shape index (κ3) is 6.15. The van der Waals surface area contributed by atoms with Crippen molar-refractivity contribution in [3.63, 3.8) is 0 Å². The maximum atomic E-state index is 14.7. The van der Waals surface area contributed by atoms with Crippen LogP contribution in [0.2, 0.25) is 5.02 Å². The van der Waals surface area contributed by atoms with Crippen molar-refractivity contribution in [1.82, 2.24) is 15.1 Å². The minimum absolute atomic E-state index is 0.0551. The van der Waals surface area contributed by atoms with E-state index in [1.54, 1.807) is 0 Å². The molecule has 4 atom stereocenters. The second-order valence-electron chi connectivity index (χ2n) is 10.8. The molecular weight excluding hydrogens is 496 g/mol. The molecule has 2 aliphatic rings. The number of amides is 2. The van der Waals surface area contributed by atoms with Gasteiger partial charge in [0.05, 0.1) is 6.04 Å². The standard InChI is InChI=1S/C29H36ClF2N3O2/c1-17(33-18(2)36)25-13-20(30)5-7-23(25)19-9-11-35(12-10-19)29(37)27-16-22(34(3)4)15-26(27)24-8-6-21(31)14-28(24)32/h5-8,13-14,17,19,22,26-27H,9-12,15-16H2,1-4H3,(H,33,36). The second kappa shape index (κ2) is 11.5. The van der Waals surface area contributed by atoms with Crippen molar-refractivity contribution >= 4 is 23.4 Å². The number of hydrogen-bond donors (Lipinski definition) is 1. The Balaban J connectivity index is 1.50. The fraction of sp³-hybridized carbons (Fsp3) is 0.517.